The summed E-state index contributed by atoms with van der Waals surface area (Å²) in [6, 6.07) is 4.60. The highest BCUT2D eigenvalue weighted by molar-refractivity contribution is 5.30. The highest BCUT2D eigenvalue weighted by Gasteiger charge is 2.24. The third-order valence-corrected chi connectivity index (χ3v) is 4.49. The predicted octanol–water partition coefficient (Wildman–Crippen LogP) is 5.39. The fourth-order valence-corrected chi connectivity index (χ4v) is 3.29. The molecule has 1 N–H and O–H groups in total. The first-order valence-corrected chi connectivity index (χ1v) is 7.69. The summed E-state index contributed by atoms with van der Waals surface area (Å²) in [7, 11) is 0. The lowest BCUT2D eigenvalue weighted by atomic mass is 9.77. The van der Waals surface area contributed by atoms with Crippen molar-refractivity contribution in [3.05, 3.63) is 29.6 Å². The minimum absolute atomic E-state index is 0.0227. The Morgan fingerprint density at radius 2 is 1.89 bits per heavy atom. The van der Waals surface area contributed by atoms with Gasteiger partial charge in [0.1, 0.15) is 11.6 Å². The zero-order chi connectivity index (χ0) is 13.7. The molecule has 0 atom stereocenters. The topological polar surface area (TPSA) is 20.2 Å². The van der Waals surface area contributed by atoms with E-state index in [0.29, 0.717) is 5.92 Å². The Balaban J connectivity index is 1.85. The number of unbranched alkanes of at least 4 members (excludes halogenated alkanes) is 2. The van der Waals surface area contributed by atoms with Gasteiger partial charge in [0.15, 0.2) is 0 Å². The Hall–Kier alpha value is -1.05. The van der Waals surface area contributed by atoms with Crippen LogP contribution in [0.25, 0.3) is 0 Å². The van der Waals surface area contributed by atoms with Crippen molar-refractivity contribution in [1.82, 2.24) is 0 Å². The molecule has 0 spiro atoms. The molecule has 1 aromatic rings. The maximum Gasteiger partial charge on any atom is 0.130 e. The second-order valence-electron chi connectivity index (χ2n) is 5.92. The van der Waals surface area contributed by atoms with Crippen molar-refractivity contribution >= 4 is 0 Å². The average molecular weight is 264 g/mol. The summed E-state index contributed by atoms with van der Waals surface area (Å²) in [6.45, 7) is 2.24. The number of rotatable bonds is 5. The van der Waals surface area contributed by atoms with E-state index in [1.54, 1.807) is 12.1 Å². The van der Waals surface area contributed by atoms with Crippen LogP contribution in [0.5, 0.6) is 5.75 Å². The molecular weight excluding hydrogens is 239 g/mol. The van der Waals surface area contributed by atoms with Crippen LogP contribution in [0.15, 0.2) is 18.2 Å². The van der Waals surface area contributed by atoms with E-state index in [-0.39, 0.29) is 11.6 Å². The fourth-order valence-electron chi connectivity index (χ4n) is 3.29. The zero-order valence-electron chi connectivity index (χ0n) is 11.9. The largest absolute Gasteiger partial charge is 0.508 e. The van der Waals surface area contributed by atoms with Crippen LogP contribution in [0, 0.1) is 11.7 Å². The summed E-state index contributed by atoms with van der Waals surface area (Å²) < 4.78 is 13.8. The van der Waals surface area contributed by atoms with Crippen LogP contribution in [0.2, 0.25) is 0 Å². The van der Waals surface area contributed by atoms with Gasteiger partial charge in [0.05, 0.1) is 0 Å². The minimum atomic E-state index is -0.241. The van der Waals surface area contributed by atoms with Gasteiger partial charge in [0, 0.05) is 6.07 Å². The van der Waals surface area contributed by atoms with Gasteiger partial charge in [-0.3, -0.25) is 0 Å². The first-order valence-electron chi connectivity index (χ1n) is 7.69. The van der Waals surface area contributed by atoms with Crippen molar-refractivity contribution in [2.24, 2.45) is 5.92 Å². The monoisotopic (exact) mass is 264 g/mol. The number of hydrogen-bond acceptors (Lipinski definition) is 1. The molecule has 1 nitrogen and oxygen atoms in total. The Bertz CT molecular complexity index is 394. The minimum Gasteiger partial charge on any atom is -0.508 e. The van der Waals surface area contributed by atoms with E-state index in [1.165, 1.54) is 44.6 Å². The van der Waals surface area contributed by atoms with Gasteiger partial charge in [-0.15, -0.1) is 0 Å². The zero-order valence-corrected chi connectivity index (χ0v) is 11.9. The average Bonchev–Trinajstić information content (AvgIpc) is 2.40. The first kappa shape index (κ1) is 14.4. The molecule has 2 heteroatoms. The number of phenols is 1. The Kier molecular flexibility index (Phi) is 5.24. The molecule has 1 aliphatic carbocycles. The van der Waals surface area contributed by atoms with Crippen LogP contribution in [-0.2, 0) is 0 Å². The van der Waals surface area contributed by atoms with Gasteiger partial charge in [0.2, 0.25) is 0 Å². The molecule has 0 heterocycles. The maximum absolute atomic E-state index is 13.8. The second-order valence-corrected chi connectivity index (χ2v) is 5.92. The third-order valence-electron chi connectivity index (χ3n) is 4.49. The lowest BCUT2D eigenvalue weighted by Gasteiger charge is -2.29. The van der Waals surface area contributed by atoms with Crippen molar-refractivity contribution in [2.45, 2.75) is 64.2 Å². The van der Waals surface area contributed by atoms with E-state index in [1.807, 2.05) is 0 Å². The summed E-state index contributed by atoms with van der Waals surface area (Å²) in [4.78, 5) is 0. The van der Waals surface area contributed by atoms with Crippen molar-refractivity contribution in [3.63, 3.8) is 0 Å². The summed E-state index contributed by atoms with van der Waals surface area (Å²) in [5, 5.41) is 9.26. The molecule has 0 aliphatic heterocycles. The van der Waals surface area contributed by atoms with Crippen molar-refractivity contribution < 1.29 is 9.50 Å². The van der Waals surface area contributed by atoms with E-state index in [2.05, 4.69) is 6.92 Å². The number of hydrogen-bond donors (Lipinski definition) is 1. The maximum atomic E-state index is 13.8. The molecule has 1 fully saturated rings. The molecular formula is C17H25FO. The smallest absolute Gasteiger partial charge is 0.130 e. The molecule has 0 amide bonds. The van der Waals surface area contributed by atoms with Gasteiger partial charge in [-0.25, -0.2) is 4.39 Å². The van der Waals surface area contributed by atoms with Crippen LogP contribution < -0.4 is 0 Å². The number of phenolic OH excluding ortho intramolecular Hbond substituents is 1. The summed E-state index contributed by atoms with van der Waals surface area (Å²) in [6.07, 6.45) is 9.97. The molecule has 0 bridgehead atoms. The Labute approximate surface area is 115 Å². The number of halogens is 1. The van der Waals surface area contributed by atoms with Crippen molar-refractivity contribution in [3.8, 4) is 5.75 Å². The molecule has 0 radical (unpaired) electrons. The SMILES string of the molecule is CCCCCC1CCC(c2ccc(O)cc2F)CC1. The van der Waals surface area contributed by atoms with Crippen LogP contribution in [0.3, 0.4) is 0 Å². The molecule has 19 heavy (non-hydrogen) atoms. The van der Waals surface area contributed by atoms with Crippen molar-refractivity contribution in [1.29, 1.82) is 0 Å². The second kappa shape index (κ2) is 6.93. The van der Waals surface area contributed by atoms with Gasteiger partial charge in [-0.05, 0) is 49.1 Å². The molecule has 1 saturated carbocycles. The standard InChI is InChI=1S/C17H25FO/c1-2-3-4-5-13-6-8-14(9-7-13)16-11-10-15(19)12-17(16)18/h10-14,19H,2-9H2,1H3. The Morgan fingerprint density at radius 3 is 2.53 bits per heavy atom. The number of benzene rings is 1. The first-order chi connectivity index (χ1) is 9.20. The molecule has 1 aliphatic rings. The van der Waals surface area contributed by atoms with E-state index in [4.69, 9.17) is 0 Å². The van der Waals surface area contributed by atoms with E-state index < -0.39 is 0 Å². The van der Waals surface area contributed by atoms with Gasteiger partial charge >= 0.3 is 0 Å². The van der Waals surface area contributed by atoms with Gasteiger partial charge in [0.25, 0.3) is 0 Å². The summed E-state index contributed by atoms with van der Waals surface area (Å²) in [5.41, 5.74) is 0.796. The van der Waals surface area contributed by atoms with Crippen LogP contribution in [0.1, 0.15) is 69.8 Å². The lowest BCUT2D eigenvalue weighted by Crippen LogP contribution is -2.14. The quantitative estimate of drug-likeness (QED) is 0.707. The van der Waals surface area contributed by atoms with E-state index in [0.717, 1.165) is 24.3 Å². The molecule has 2 rings (SSSR count). The molecule has 0 unspecified atom stereocenters. The normalized spacial score (nSPS) is 23.5. The predicted molar refractivity (Wildman–Crippen MR) is 76.9 cm³/mol. The van der Waals surface area contributed by atoms with E-state index >= 15 is 0 Å². The molecule has 1 aromatic carbocycles. The van der Waals surface area contributed by atoms with Crippen molar-refractivity contribution in [2.75, 3.05) is 0 Å². The third kappa shape index (κ3) is 3.95. The Morgan fingerprint density at radius 1 is 1.16 bits per heavy atom. The molecule has 106 valence electrons. The molecule has 0 aromatic heterocycles. The summed E-state index contributed by atoms with van der Waals surface area (Å²) in [5.74, 6) is 0.981. The van der Waals surface area contributed by atoms with Crippen LogP contribution in [0.4, 0.5) is 4.39 Å². The fraction of sp³-hybridized carbons (Fsp3) is 0.647. The highest BCUT2D eigenvalue weighted by Crippen LogP contribution is 2.39. The number of aromatic hydroxyl groups is 1. The highest BCUT2D eigenvalue weighted by atomic mass is 19.1. The van der Waals surface area contributed by atoms with Gasteiger partial charge in [-0.1, -0.05) is 38.7 Å². The van der Waals surface area contributed by atoms with E-state index in [9.17, 15) is 9.50 Å². The van der Waals surface area contributed by atoms with Crippen LogP contribution in [-0.4, -0.2) is 5.11 Å². The van der Waals surface area contributed by atoms with Crippen LogP contribution >= 0.6 is 0 Å². The summed E-state index contributed by atoms with van der Waals surface area (Å²) >= 11 is 0. The molecule has 0 saturated heterocycles. The lowest BCUT2D eigenvalue weighted by molar-refractivity contribution is 0.299. The van der Waals surface area contributed by atoms with Gasteiger partial charge < -0.3 is 5.11 Å². The van der Waals surface area contributed by atoms with Gasteiger partial charge in [-0.2, -0.15) is 0 Å².